The van der Waals surface area contributed by atoms with Crippen molar-refractivity contribution in [2.24, 2.45) is 0 Å². The predicted molar refractivity (Wildman–Crippen MR) is 64.5 cm³/mol. The molecule has 1 fully saturated rings. The fourth-order valence-electron chi connectivity index (χ4n) is 2.23. The van der Waals surface area contributed by atoms with E-state index in [9.17, 15) is 4.79 Å². The van der Waals surface area contributed by atoms with E-state index < -0.39 is 0 Å². The van der Waals surface area contributed by atoms with Gasteiger partial charge in [0.05, 0.1) is 12.6 Å². The molecule has 1 rings (SSSR count). The number of nitrogens with one attached hydrogen (secondary N) is 2. The van der Waals surface area contributed by atoms with Gasteiger partial charge in [0.1, 0.15) is 0 Å². The number of hydrogen-bond donors (Lipinski definition) is 2. The Morgan fingerprint density at radius 3 is 2.69 bits per heavy atom. The van der Waals surface area contributed by atoms with E-state index in [0.29, 0.717) is 12.6 Å². The first-order chi connectivity index (χ1) is 7.76. The van der Waals surface area contributed by atoms with E-state index in [4.69, 9.17) is 4.74 Å². The van der Waals surface area contributed by atoms with Crippen molar-refractivity contribution < 1.29 is 9.53 Å². The monoisotopic (exact) mass is 228 g/mol. The van der Waals surface area contributed by atoms with Crippen LogP contribution in [0.5, 0.6) is 0 Å². The minimum atomic E-state index is -0.0394. The molecule has 0 aromatic heterocycles. The summed E-state index contributed by atoms with van der Waals surface area (Å²) in [5.41, 5.74) is 0. The van der Waals surface area contributed by atoms with Crippen molar-refractivity contribution in [2.45, 2.75) is 57.5 Å². The average molecular weight is 228 g/mol. The summed E-state index contributed by atoms with van der Waals surface area (Å²) in [5.74, 6) is 0. The second-order valence-electron chi connectivity index (χ2n) is 4.54. The van der Waals surface area contributed by atoms with Gasteiger partial charge in [0.15, 0.2) is 0 Å². The Morgan fingerprint density at radius 1 is 1.44 bits per heavy atom. The second kappa shape index (κ2) is 7.49. The third-order valence-corrected chi connectivity index (χ3v) is 3.03. The smallest absolute Gasteiger partial charge is 0.315 e. The Morgan fingerprint density at radius 2 is 2.12 bits per heavy atom. The van der Waals surface area contributed by atoms with Gasteiger partial charge < -0.3 is 15.4 Å². The molecule has 0 radical (unpaired) electrons. The molecule has 0 aromatic rings. The maximum absolute atomic E-state index is 11.7. The van der Waals surface area contributed by atoms with Crippen LogP contribution in [0.2, 0.25) is 0 Å². The SMILES string of the molecule is CCCC(COC)NC(=O)NC1CCCC1. The maximum atomic E-state index is 11.7. The third-order valence-electron chi connectivity index (χ3n) is 3.03. The molecule has 0 heterocycles. The van der Waals surface area contributed by atoms with Crippen molar-refractivity contribution in [3.8, 4) is 0 Å². The minimum absolute atomic E-state index is 0.0394. The summed E-state index contributed by atoms with van der Waals surface area (Å²) in [5, 5.41) is 5.99. The average Bonchev–Trinajstić information content (AvgIpc) is 2.71. The van der Waals surface area contributed by atoms with Crippen LogP contribution in [0.15, 0.2) is 0 Å². The Bertz CT molecular complexity index is 197. The van der Waals surface area contributed by atoms with Crippen LogP contribution >= 0.6 is 0 Å². The molecule has 0 aliphatic heterocycles. The van der Waals surface area contributed by atoms with Gasteiger partial charge in [-0.15, -0.1) is 0 Å². The molecule has 1 saturated carbocycles. The molecule has 0 saturated heterocycles. The largest absolute Gasteiger partial charge is 0.383 e. The van der Waals surface area contributed by atoms with Crippen molar-refractivity contribution in [3.05, 3.63) is 0 Å². The molecule has 94 valence electrons. The first kappa shape index (κ1) is 13.3. The van der Waals surface area contributed by atoms with Gasteiger partial charge in [-0.3, -0.25) is 0 Å². The summed E-state index contributed by atoms with van der Waals surface area (Å²) in [6.07, 6.45) is 6.73. The number of ether oxygens (including phenoxy) is 1. The van der Waals surface area contributed by atoms with Gasteiger partial charge in [-0.1, -0.05) is 26.2 Å². The summed E-state index contributed by atoms with van der Waals surface area (Å²) < 4.78 is 5.08. The molecule has 1 unspecified atom stereocenters. The Hall–Kier alpha value is -0.770. The van der Waals surface area contributed by atoms with Gasteiger partial charge in [-0.25, -0.2) is 4.79 Å². The highest BCUT2D eigenvalue weighted by Crippen LogP contribution is 2.17. The molecular formula is C12H24N2O2. The zero-order valence-corrected chi connectivity index (χ0v) is 10.4. The van der Waals surface area contributed by atoms with Crippen molar-refractivity contribution >= 4 is 6.03 Å². The van der Waals surface area contributed by atoms with E-state index in [-0.39, 0.29) is 12.1 Å². The molecular weight excluding hydrogens is 204 g/mol. The molecule has 0 aromatic carbocycles. The van der Waals surface area contributed by atoms with Crippen LogP contribution in [0.4, 0.5) is 4.79 Å². The molecule has 2 amide bonds. The van der Waals surface area contributed by atoms with Gasteiger partial charge in [-0.05, 0) is 19.3 Å². The fraction of sp³-hybridized carbons (Fsp3) is 0.917. The highest BCUT2D eigenvalue weighted by Gasteiger charge is 2.18. The molecule has 0 spiro atoms. The van der Waals surface area contributed by atoms with E-state index in [1.807, 2.05) is 0 Å². The normalized spacial score (nSPS) is 18.4. The lowest BCUT2D eigenvalue weighted by Gasteiger charge is -2.19. The van der Waals surface area contributed by atoms with Crippen molar-refractivity contribution in [2.75, 3.05) is 13.7 Å². The van der Waals surface area contributed by atoms with E-state index >= 15 is 0 Å². The Kier molecular flexibility index (Phi) is 6.23. The lowest BCUT2D eigenvalue weighted by atomic mass is 10.2. The zero-order valence-electron chi connectivity index (χ0n) is 10.4. The van der Waals surface area contributed by atoms with Gasteiger partial charge in [0, 0.05) is 13.2 Å². The second-order valence-corrected chi connectivity index (χ2v) is 4.54. The molecule has 1 atom stereocenters. The molecule has 16 heavy (non-hydrogen) atoms. The first-order valence-corrected chi connectivity index (χ1v) is 6.32. The number of carbonyl (C=O) groups excluding carboxylic acids is 1. The minimum Gasteiger partial charge on any atom is -0.383 e. The van der Waals surface area contributed by atoms with Crippen LogP contribution in [-0.4, -0.2) is 31.8 Å². The first-order valence-electron chi connectivity index (χ1n) is 6.32. The Labute approximate surface area is 98.1 Å². The Balaban J connectivity index is 2.23. The zero-order chi connectivity index (χ0) is 11.8. The van der Waals surface area contributed by atoms with E-state index in [1.54, 1.807) is 7.11 Å². The highest BCUT2D eigenvalue weighted by molar-refractivity contribution is 5.74. The van der Waals surface area contributed by atoms with Gasteiger partial charge in [0.2, 0.25) is 0 Å². The number of methoxy groups -OCH3 is 1. The fourth-order valence-corrected chi connectivity index (χ4v) is 2.23. The van der Waals surface area contributed by atoms with Crippen LogP contribution < -0.4 is 10.6 Å². The number of carbonyl (C=O) groups is 1. The molecule has 4 nitrogen and oxygen atoms in total. The van der Waals surface area contributed by atoms with Gasteiger partial charge in [0.25, 0.3) is 0 Å². The third kappa shape index (κ3) is 4.84. The van der Waals surface area contributed by atoms with Crippen LogP contribution in [0, 0.1) is 0 Å². The summed E-state index contributed by atoms with van der Waals surface area (Å²) in [7, 11) is 1.67. The van der Waals surface area contributed by atoms with Crippen LogP contribution in [0.1, 0.15) is 45.4 Å². The number of rotatable bonds is 6. The molecule has 1 aliphatic rings. The molecule has 4 heteroatoms. The number of amides is 2. The topological polar surface area (TPSA) is 50.4 Å². The summed E-state index contributed by atoms with van der Waals surface area (Å²) in [6, 6.07) is 0.476. The summed E-state index contributed by atoms with van der Waals surface area (Å²) in [4.78, 5) is 11.7. The van der Waals surface area contributed by atoms with Gasteiger partial charge >= 0.3 is 6.03 Å². The van der Waals surface area contributed by atoms with Crippen molar-refractivity contribution in [3.63, 3.8) is 0 Å². The summed E-state index contributed by atoms with van der Waals surface area (Å²) in [6.45, 7) is 2.70. The molecule has 0 bridgehead atoms. The van der Waals surface area contributed by atoms with Gasteiger partial charge in [-0.2, -0.15) is 0 Å². The van der Waals surface area contributed by atoms with E-state index in [1.165, 1.54) is 12.8 Å². The van der Waals surface area contributed by atoms with Crippen LogP contribution in [0.25, 0.3) is 0 Å². The van der Waals surface area contributed by atoms with E-state index in [0.717, 1.165) is 25.7 Å². The van der Waals surface area contributed by atoms with Crippen molar-refractivity contribution in [1.82, 2.24) is 10.6 Å². The van der Waals surface area contributed by atoms with E-state index in [2.05, 4.69) is 17.6 Å². The molecule has 2 N–H and O–H groups in total. The maximum Gasteiger partial charge on any atom is 0.315 e. The van der Waals surface area contributed by atoms with Crippen LogP contribution in [-0.2, 0) is 4.74 Å². The quantitative estimate of drug-likeness (QED) is 0.731. The molecule has 1 aliphatic carbocycles. The highest BCUT2D eigenvalue weighted by atomic mass is 16.5. The lowest BCUT2D eigenvalue weighted by molar-refractivity contribution is 0.161. The lowest BCUT2D eigenvalue weighted by Crippen LogP contribution is -2.47. The number of hydrogen-bond acceptors (Lipinski definition) is 2. The van der Waals surface area contributed by atoms with Crippen molar-refractivity contribution in [1.29, 1.82) is 0 Å². The van der Waals surface area contributed by atoms with Crippen LogP contribution in [0.3, 0.4) is 0 Å². The standard InChI is InChI=1S/C12H24N2O2/c1-3-6-11(9-16-2)14-12(15)13-10-7-4-5-8-10/h10-11H,3-9H2,1-2H3,(H2,13,14,15). The number of urea groups is 1. The summed E-state index contributed by atoms with van der Waals surface area (Å²) >= 11 is 0. The predicted octanol–water partition coefficient (Wildman–Crippen LogP) is 2.04.